The molecule has 1 aromatic rings. The Morgan fingerprint density at radius 1 is 1.00 bits per heavy atom. The number of benzene rings is 1. The van der Waals surface area contributed by atoms with E-state index in [2.05, 4.69) is 0 Å². The van der Waals surface area contributed by atoms with Crippen LogP contribution in [-0.4, -0.2) is 32.2 Å². The van der Waals surface area contributed by atoms with Gasteiger partial charge in [0.05, 0.1) is 9.79 Å². The second kappa shape index (κ2) is 3.94. The molecule has 88 valence electrons. The minimum Gasteiger partial charge on any atom is -0.744 e. The number of rotatable bonds is 3. The normalized spacial score (nSPS) is 12.4. The number of aldehydes is 1. The maximum Gasteiger partial charge on any atom is 0.151 e. The summed E-state index contributed by atoms with van der Waals surface area (Å²) in [4.78, 5) is 8.49. The predicted molar refractivity (Wildman–Crippen MR) is 47.8 cm³/mol. The van der Waals surface area contributed by atoms with Gasteiger partial charge < -0.3 is 9.11 Å². The molecule has 0 heterocycles. The van der Waals surface area contributed by atoms with Crippen LogP contribution in [0.4, 0.5) is 0 Å². The molecule has 0 radical (unpaired) electrons. The van der Waals surface area contributed by atoms with Gasteiger partial charge in [0, 0.05) is 5.56 Å². The molecule has 0 fully saturated rings. The van der Waals surface area contributed by atoms with Gasteiger partial charge in [0.2, 0.25) is 0 Å². The minimum absolute atomic E-state index is 0.0754. The molecule has 16 heavy (non-hydrogen) atoms. The van der Waals surface area contributed by atoms with Crippen LogP contribution in [0.2, 0.25) is 0 Å². The van der Waals surface area contributed by atoms with Gasteiger partial charge in [-0.3, -0.25) is 4.79 Å². The lowest BCUT2D eigenvalue weighted by molar-refractivity contribution is 0.112. The van der Waals surface area contributed by atoms with E-state index >= 15 is 0 Å². The Kier molecular flexibility index (Phi) is 3.15. The second-order valence-corrected chi connectivity index (χ2v) is 5.45. The van der Waals surface area contributed by atoms with Crippen molar-refractivity contribution in [3.8, 4) is 0 Å². The van der Waals surface area contributed by atoms with Crippen molar-refractivity contribution < 1.29 is 30.7 Å². The molecule has 0 spiro atoms. The van der Waals surface area contributed by atoms with E-state index in [4.69, 9.17) is 0 Å². The van der Waals surface area contributed by atoms with E-state index < -0.39 is 35.6 Å². The fraction of sp³-hybridized carbons (Fsp3) is 0. The van der Waals surface area contributed by atoms with Gasteiger partial charge in [0.15, 0.2) is 6.29 Å². The number of hydrogen-bond donors (Lipinski definition) is 0. The van der Waals surface area contributed by atoms with Crippen molar-refractivity contribution >= 4 is 26.5 Å². The Hall–Kier alpha value is -1.29. The SMILES string of the molecule is O=Cc1ccc(S(=O)(=O)[O-])cc1S(=O)(=O)[O-]. The van der Waals surface area contributed by atoms with E-state index in [9.17, 15) is 30.7 Å². The van der Waals surface area contributed by atoms with E-state index in [-0.39, 0.29) is 6.29 Å². The van der Waals surface area contributed by atoms with Crippen LogP contribution in [0, 0.1) is 0 Å². The summed E-state index contributed by atoms with van der Waals surface area (Å²) in [6.07, 6.45) is 0.0754. The molecule has 0 unspecified atom stereocenters. The van der Waals surface area contributed by atoms with Gasteiger partial charge >= 0.3 is 0 Å². The maximum atomic E-state index is 10.7. The highest BCUT2D eigenvalue weighted by molar-refractivity contribution is 7.86. The zero-order valence-electron chi connectivity index (χ0n) is 7.48. The molecular formula is C7H4O7S2-2. The molecule has 0 saturated carbocycles. The van der Waals surface area contributed by atoms with Crippen LogP contribution in [0.5, 0.6) is 0 Å². The number of carbonyl (C=O) groups is 1. The van der Waals surface area contributed by atoms with Crippen LogP contribution in [0.25, 0.3) is 0 Å². The Morgan fingerprint density at radius 2 is 1.56 bits per heavy atom. The van der Waals surface area contributed by atoms with Crippen LogP contribution >= 0.6 is 0 Å². The topological polar surface area (TPSA) is 131 Å². The third kappa shape index (κ3) is 2.64. The molecule has 1 rings (SSSR count). The summed E-state index contributed by atoms with van der Waals surface area (Å²) in [5, 5.41) is 0. The predicted octanol–water partition coefficient (Wildman–Crippen LogP) is -0.693. The molecule has 7 nitrogen and oxygen atoms in total. The summed E-state index contributed by atoms with van der Waals surface area (Å²) in [5.41, 5.74) is -0.498. The maximum absolute atomic E-state index is 10.7. The van der Waals surface area contributed by atoms with Crippen LogP contribution in [0.3, 0.4) is 0 Å². The van der Waals surface area contributed by atoms with E-state index in [1.54, 1.807) is 0 Å². The molecule has 9 heteroatoms. The summed E-state index contributed by atoms with van der Waals surface area (Å²) in [7, 11) is -9.89. The van der Waals surface area contributed by atoms with Gasteiger partial charge in [-0.25, -0.2) is 16.8 Å². The van der Waals surface area contributed by atoms with Crippen molar-refractivity contribution in [1.29, 1.82) is 0 Å². The highest BCUT2D eigenvalue weighted by Gasteiger charge is 2.12. The fourth-order valence-corrected chi connectivity index (χ4v) is 2.23. The molecule has 0 amide bonds. The van der Waals surface area contributed by atoms with Gasteiger partial charge in [0.25, 0.3) is 0 Å². The molecule has 0 aliphatic rings. The van der Waals surface area contributed by atoms with Crippen molar-refractivity contribution in [2.75, 3.05) is 0 Å². The quantitative estimate of drug-likeness (QED) is 0.521. The minimum atomic E-state index is -5.01. The molecular weight excluding hydrogens is 260 g/mol. The van der Waals surface area contributed by atoms with Gasteiger partial charge in [-0.15, -0.1) is 0 Å². The summed E-state index contributed by atoms with van der Waals surface area (Å²) in [5.74, 6) is 0. The first-order valence-electron chi connectivity index (χ1n) is 3.67. The van der Waals surface area contributed by atoms with Crippen LogP contribution < -0.4 is 0 Å². The highest BCUT2D eigenvalue weighted by atomic mass is 32.2. The zero-order chi connectivity index (χ0) is 12.6. The van der Waals surface area contributed by atoms with Crippen LogP contribution in [-0.2, 0) is 20.2 Å². The smallest absolute Gasteiger partial charge is 0.151 e. The van der Waals surface area contributed by atoms with E-state index in [0.29, 0.717) is 6.07 Å². The van der Waals surface area contributed by atoms with Gasteiger partial charge in [-0.1, -0.05) is 0 Å². The third-order valence-electron chi connectivity index (χ3n) is 1.67. The number of carbonyl (C=O) groups excluding carboxylic acids is 1. The lowest BCUT2D eigenvalue weighted by Gasteiger charge is -2.13. The molecule has 1 aromatic carbocycles. The first kappa shape index (κ1) is 12.8. The molecule has 0 saturated heterocycles. The second-order valence-electron chi connectivity index (χ2n) is 2.73. The zero-order valence-corrected chi connectivity index (χ0v) is 9.12. The summed E-state index contributed by atoms with van der Waals surface area (Å²) in [6, 6.07) is 1.90. The summed E-state index contributed by atoms with van der Waals surface area (Å²) in [6.45, 7) is 0. The lowest BCUT2D eigenvalue weighted by Crippen LogP contribution is -2.06. The first-order chi connectivity index (χ1) is 7.16. The molecule has 0 aromatic heterocycles. The molecule has 0 N–H and O–H groups in total. The summed E-state index contributed by atoms with van der Waals surface area (Å²) >= 11 is 0. The Balaban J connectivity index is 3.65. The summed E-state index contributed by atoms with van der Waals surface area (Å²) < 4.78 is 63.8. The first-order valence-corrected chi connectivity index (χ1v) is 6.49. The van der Waals surface area contributed by atoms with Crippen molar-refractivity contribution in [3.63, 3.8) is 0 Å². The Morgan fingerprint density at radius 3 is 1.94 bits per heavy atom. The van der Waals surface area contributed by atoms with E-state index in [1.165, 1.54) is 0 Å². The van der Waals surface area contributed by atoms with Gasteiger partial charge in [-0.05, 0) is 18.2 Å². The van der Waals surface area contributed by atoms with Gasteiger partial charge in [0.1, 0.15) is 20.2 Å². The highest BCUT2D eigenvalue weighted by Crippen LogP contribution is 2.18. The van der Waals surface area contributed by atoms with E-state index in [1.807, 2.05) is 0 Å². The lowest BCUT2D eigenvalue weighted by atomic mass is 10.2. The van der Waals surface area contributed by atoms with Crippen molar-refractivity contribution in [3.05, 3.63) is 23.8 Å². The molecule has 0 atom stereocenters. The third-order valence-corrected chi connectivity index (χ3v) is 3.39. The van der Waals surface area contributed by atoms with E-state index in [0.717, 1.165) is 12.1 Å². The van der Waals surface area contributed by atoms with Crippen molar-refractivity contribution in [2.24, 2.45) is 0 Å². The Bertz CT molecular complexity index is 627. The molecule has 0 aliphatic heterocycles. The fourth-order valence-electron chi connectivity index (χ4n) is 0.984. The molecule has 0 bridgehead atoms. The average molecular weight is 264 g/mol. The van der Waals surface area contributed by atoms with Crippen molar-refractivity contribution in [2.45, 2.75) is 9.79 Å². The number of hydrogen-bond acceptors (Lipinski definition) is 7. The molecule has 0 aliphatic carbocycles. The average Bonchev–Trinajstić information content (AvgIpc) is 2.14. The standard InChI is InChI=1S/C7H6O7S2/c8-4-5-1-2-6(15(9,10)11)3-7(5)16(12,13)14/h1-4H,(H,9,10,11)(H,12,13,14)/p-2. The monoisotopic (exact) mass is 264 g/mol. The van der Waals surface area contributed by atoms with Gasteiger partial charge in [-0.2, -0.15) is 0 Å². The van der Waals surface area contributed by atoms with Crippen molar-refractivity contribution in [1.82, 2.24) is 0 Å². The van der Waals surface area contributed by atoms with Crippen LogP contribution in [0.1, 0.15) is 10.4 Å². The van der Waals surface area contributed by atoms with Crippen LogP contribution in [0.15, 0.2) is 28.0 Å². The largest absolute Gasteiger partial charge is 0.744 e. The Labute approximate surface area is 91.2 Å².